The molecule has 0 spiro atoms. The number of carbonyl (C=O) groups excluding carboxylic acids is 1. The van der Waals surface area contributed by atoms with Gasteiger partial charge < -0.3 is 9.64 Å². The summed E-state index contributed by atoms with van der Waals surface area (Å²) < 4.78 is 5.21. The van der Waals surface area contributed by atoms with Crippen LogP contribution in [0.15, 0.2) is 24.3 Å². The molecule has 0 radical (unpaired) electrons. The Hall–Kier alpha value is -1.51. The number of esters is 1. The summed E-state index contributed by atoms with van der Waals surface area (Å²) in [6, 6.07) is 7.46. The van der Waals surface area contributed by atoms with Gasteiger partial charge in [0.2, 0.25) is 0 Å². The number of ether oxygens (including phenoxy) is 1. The van der Waals surface area contributed by atoms with E-state index in [0.717, 1.165) is 5.69 Å². The molecule has 3 nitrogen and oxygen atoms in total. The summed E-state index contributed by atoms with van der Waals surface area (Å²) in [4.78, 5) is 13.7. The number of nitrogens with zero attached hydrogens (tertiary/aromatic N) is 1. The second kappa shape index (κ2) is 5.54. The van der Waals surface area contributed by atoms with E-state index in [2.05, 4.69) is 0 Å². The average Bonchev–Trinajstić information content (AvgIpc) is 2.25. The van der Waals surface area contributed by atoms with Crippen molar-refractivity contribution in [2.24, 2.45) is 5.92 Å². The van der Waals surface area contributed by atoms with E-state index >= 15 is 0 Å². The van der Waals surface area contributed by atoms with Gasteiger partial charge in [-0.2, -0.15) is 0 Å². The van der Waals surface area contributed by atoms with Crippen molar-refractivity contribution >= 4 is 11.7 Å². The Bertz CT molecular complexity index is 359. The Labute approximate surface area is 97.0 Å². The molecule has 1 rings (SSSR count). The maximum Gasteiger partial charge on any atom is 0.340 e. The zero-order chi connectivity index (χ0) is 12.1. The highest BCUT2D eigenvalue weighted by Crippen LogP contribution is 2.18. The van der Waals surface area contributed by atoms with E-state index in [0.29, 0.717) is 18.1 Å². The number of rotatable bonds is 4. The highest BCUT2D eigenvalue weighted by molar-refractivity contribution is 5.95. The molecule has 0 N–H and O–H groups in total. The number of para-hydroxylation sites is 1. The van der Waals surface area contributed by atoms with Crippen molar-refractivity contribution in [3.63, 3.8) is 0 Å². The van der Waals surface area contributed by atoms with Crippen molar-refractivity contribution in [2.45, 2.75) is 13.8 Å². The number of carbonyl (C=O) groups is 1. The molecule has 0 aliphatic heterocycles. The van der Waals surface area contributed by atoms with Gasteiger partial charge in [-0.25, -0.2) is 4.79 Å². The SMILES string of the molecule is CC(C)COC(=O)c1ccccc1N(C)C. The van der Waals surface area contributed by atoms with Crippen LogP contribution in [0.2, 0.25) is 0 Å². The second-order valence-corrected chi connectivity index (χ2v) is 4.40. The van der Waals surface area contributed by atoms with Crippen molar-refractivity contribution in [3.05, 3.63) is 29.8 Å². The van der Waals surface area contributed by atoms with Crippen LogP contribution in [0.5, 0.6) is 0 Å². The number of hydrogen-bond donors (Lipinski definition) is 0. The van der Waals surface area contributed by atoms with Gasteiger partial charge in [0.05, 0.1) is 17.9 Å². The highest BCUT2D eigenvalue weighted by Gasteiger charge is 2.13. The zero-order valence-electron chi connectivity index (χ0n) is 10.4. The largest absolute Gasteiger partial charge is 0.462 e. The third kappa shape index (κ3) is 3.26. The maximum atomic E-state index is 11.8. The molecule has 0 aromatic heterocycles. The minimum Gasteiger partial charge on any atom is -0.462 e. The Morgan fingerprint density at radius 3 is 2.50 bits per heavy atom. The number of hydrogen-bond acceptors (Lipinski definition) is 3. The van der Waals surface area contributed by atoms with Crippen molar-refractivity contribution in [2.75, 3.05) is 25.6 Å². The van der Waals surface area contributed by atoms with Gasteiger partial charge in [-0.1, -0.05) is 26.0 Å². The molecule has 0 saturated heterocycles. The van der Waals surface area contributed by atoms with E-state index in [1.807, 2.05) is 51.0 Å². The molecule has 0 aliphatic carbocycles. The quantitative estimate of drug-likeness (QED) is 0.732. The van der Waals surface area contributed by atoms with Crippen molar-refractivity contribution < 1.29 is 9.53 Å². The smallest absolute Gasteiger partial charge is 0.340 e. The van der Waals surface area contributed by atoms with E-state index in [9.17, 15) is 4.79 Å². The Kier molecular flexibility index (Phi) is 4.35. The van der Waals surface area contributed by atoms with Gasteiger partial charge in [-0.05, 0) is 18.1 Å². The third-order valence-electron chi connectivity index (χ3n) is 2.15. The first-order valence-electron chi connectivity index (χ1n) is 5.46. The van der Waals surface area contributed by atoms with Gasteiger partial charge in [0.1, 0.15) is 0 Å². The van der Waals surface area contributed by atoms with Gasteiger partial charge >= 0.3 is 5.97 Å². The summed E-state index contributed by atoms with van der Waals surface area (Å²) in [6.45, 7) is 4.50. The van der Waals surface area contributed by atoms with Crippen LogP contribution in [-0.2, 0) is 4.74 Å². The molecule has 0 atom stereocenters. The first-order valence-corrected chi connectivity index (χ1v) is 5.46. The molecule has 0 aliphatic rings. The van der Waals surface area contributed by atoms with Crippen LogP contribution in [-0.4, -0.2) is 26.7 Å². The fourth-order valence-corrected chi connectivity index (χ4v) is 1.36. The molecule has 0 saturated carbocycles. The van der Waals surface area contributed by atoms with Gasteiger partial charge in [0.25, 0.3) is 0 Å². The Morgan fingerprint density at radius 1 is 1.31 bits per heavy atom. The molecule has 1 aromatic carbocycles. The molecule has 88 valence electrons. The minimum absolute atomic E-state index is 0.252. The van der Waals surface area contributed by atoms with E-state index < -0.39 is 0 Å². The van der Waals surface area contributed by atoms with E-state index in [-0.39, 0.29) is 5.97 Å². The molecule has 16 heavy (non-hydrogen) atoms. The molecular weight excluding hydrogens is 202 g/mol. The monoisotopic (exact) mass is 221 g/mol. The standard InChI is InChI=1S/C13H19NO2/c1-10(2)9-16-13(15)11-7-5-6-8-12(11)14(3)4/h5-8,10H,9H2,1-4H3. The maximum absolute atomic E-state index is 11.8. The summed E-state index contributed by atoms with van der Waals surface area (Å²) in [6.07, 6.45) is 0. The molecule has 0 amide bonds. The van der Waals surface area contributed by atoms with Gasteiger partial charge in [-0.3, -0.25) is 0 Å². The fourth-order valence-electron chi connectivity index (χ4n) is 1.36. The second-order valence-electron chi connectivity index (χ2n) is 4.40. The summed E-state index contributed by atoms with van der Waals surface area (Å²) >= 11 is 0. The summed E-state index contributed by atoms with van der Waals surface area (Å²) in [5.74, 6) is 0.105. The molecule has 0 fully saturated rings. The topological polar surface area (TPSA) is 29.5 Å². The molecule has 1 aromatic rings. The van der Waals surface area contributed by atoms with Crippen LogP contribution in [0.25, 0.3) is 0 Å². The normalized spacial score (nSPS) is 10.3. The van der Waals surface area contributed by atoms with Crippen LogP contribution < -0.4 is 4.90 Å². The first-order chi connectivity index (χ1) is 7.52. The zero-order valence-corrected chi connectivity index (χ0v) is 10.4. The summed E-state index contributed by atoms with van der Waals surface area (Å²) in [5.41, 5.74) is 1.50. The van der Waals surface area contributed by atoms with Gasteiger partial charge in [0.15, 0.2) is 0 Å². The first kappa shape index (κ1) is 12.6. The summed E-state index contributed by atoms with van der Waals surface area (Å²) in [5, 5.41) is 0. The molecule has 0 unspecified atom stereocenters. The number of benzene rings is 1. The predicted molar refractivity (Wildman–Crippen MR) is 65.9 cm³/mol. The van der Waals surface area contributed by atoms with E-state index in [4.69, 9.17) is 4.74 Å². The van der Waals surface area contributed by atoms with Gasteiger partial charge in [-0.15, -0.1) is 0 Å². The van der Waals surface area contributed by atoms with Crippen LogP contribution in [0.3, 0.4) is 0 Å². The molecular formula is C13H19NO2. The van der Waals surface area contributed by atoms with E-state index in [1.165, 1.54) is 0 Å². The lowest BCUT2D eigenvalue weighted by Gasteiger charge is -2.16. The van der Waals surface area contributed by atoms with Gasteiger partial charge in [0, 0.05) is 14.1 Å². The average molecular weight is 221 g/mol. The summed E-state index contributed by atoms with van der Waals surface area (Å²) in [7, 11) is 3.82. The Morgan fingerprint density at radius 2 is 1.94 bits per heavy atom. The molecule has 0 heterocycles. The van der Waals surface area contributed by atoms with Crippen molar-refractivity contribution in [1.82, 2.24) is 0 Å². The highest BCUT2D eigenvalue weighted by atomic mass is 16.5. The number of anilines is 1. The third-order valence-corrected chi connectivity index (χ3v) is 2.15. The molecule has 0 bridgehead atoms. The molecule has 3 heteroatoms. The Balaban J connectivity index is 2.82. The van der Waals surface area contributed by atoms with Crippen LogP contribution >= 0.6 is 0 Å². The van der Waals surface area contributed by atoms with Crippen LogP contribution in [0.1, 0.15) is 24.2 Å². The predicted octanol–water partition coefficient (Wildman–Crippen LogP) is 2.57. The van der Waals surface area contributed by atoms with Crippen molar-refractivity contribution in [3.8, 4) is 0 Å². The lowest BCUT2D eigenvalue weighted by atomic mass is 10.1. The minimum atomic E-state index is -0.252. The van der Waals surface area contributed by atoms with Crippen LogP contribution in [0, 0.1) is 5.92 Å². The fraction of sp³-hybridized carbons (Fsp3) is 0.462. The lowest BCUT2D eigenvalue weighted by Crippen LogP contribution is -2.16. The van der Waals surface area contributed by atoms with Crippen molar-refractivity contribution in [1.29, 1.82) is 0 Å². The van der Waals surface area contributed by atoms with E-state index in [1.54, 1.807) is 6.07 Å². The van der Waals surface area contributed by atoms with Crippen LogP contribution in [0.4, 0.5) is 5.69 Å². The lowest BCUT2D eigenvalue weighted by molar-refractivity contribution is 0.0460.